The average Bonchev–Trinajstić information content (AvgIpc) is 2.19. The number of allylic oxidation sites excluding steroid dienone is 2. The second-order valence-corrected chi connectivity index (χ2v) is 2.13. The van der Waals surface area contributed by atoms with Gasteiger partial charge in [0.1, 0.15) is 0 Å². The van der Waals surface area contributed by atoms with Gasteiger partial charge < -0.3 is 0 Å². The molecule has 1 heteroatoms. The van der Waals surface area contributed by atoms with Gasteiger partial charge in [-0.2, -0.15) is 0 Å². The molecule has 0 saturated heterocycles. The van der Waals surface area contributed by atoms with E-state index in [0.29, 0.717) is 0 Å². The van der Waals surface area contributed by atoms with Gasteiger partial charge >= 0.3 is 0 Å². The van der Waals surface area contributed by atoms with E-state index in [4.69, 9.17) is 0 Å². The first-order chi connectivity index (χ1) is 3.93. The Morgan fingerprint density at radius 3 is 2.50 bits per heavy atom. The third-order valence-corrected chi connectivity index (χ3v) is 1.51. The Morgan fingerprint density at radius 1 is 1.38 bits per heavy atom. The monoisotopic (exact) mass is 109 g/mol. The lowest BCUT2D eigenvalue weighted by atomic mass is 10.2. The molecule has 8 heavy (non-hydrogen) atoms. The highest BCUT2D eigenvalue weighted by Crippen LogP contribution is 2.22. The van der Waals surface area contributed by atoms with Crippen molar-refractivity contribution < 1.29 is 4.79 Å². The van der Waals surface area contributed by atoms with Crippen molar-refractivity contribution in [2.24, 2.45) is 0 Å². The zero-order chi connectivity index (χ0) is 5.82. The lowest BCUT2D eigenvalue weighted by Gasteiger charge is -1.84. The van der Waals surface area contributed by atoms with Crippen LogP contribution in [-0.4, -0.2) is 6.29 Å². The Kier molecular flexibility index (Phi) is 1.84. The van der Waals surface area contributed by atoms with Crippen LogP contribution in [0, 0.1) is 0 Å². The molecule has 1 nitrogen and oxygen atoms in total. The van der Waals surface area contributed by atoms with Gasteiger partial charge in [-0.05, 0) is 31.8 Å². The van der Waals surface area contributed by atoms with E-state index in [1.165, 1.54) is 18.4 Å². The Morgan fingerprint density at radius 2 is 2.00 bits per heavy atom. The fourth-order valence-electron chi connectivity index (χ4n) is 1.06. The van der Waals surface area contributed by atoms with Crippen molar-refractivity contribution in [1.82, 2.24) is 0 Å². The van der Waals surface area contributed by atoms with Crippen LogP contribution in [0.15, 0.2) is 11.6 Å². The third-order valence-electron chi connectivity index (χ3n) is 1.51. The summed E-state index contributed by atoms with van der Waals surface area (Å²) in [5.74, 6) is 0. The van der Waals surface area contributed by atoms with Gasteiger partial charge in [0.25, 0.3) is 0 Å². The molecule has 1 rings (SSSR count). The molecule has 1 radical (unpaired) electrons. The van der Waals surface area contributed by atoms with Crippen LogP contribution in [0.3, 0.4) is 0 Å². The van der Waals surface area contributed by atoms with Gasteiger partial charge in [0.2, 0.25) is 6.29 Å². The standard InChI is InChI=1S/C7H9O/c8-6-5-7-3-1-2-4-7/h5H,1-4H2. The van der Waals surface area contributed by atoms with E-state index >= 15 is 0 Å². The minimum absolute atomic E-state index is 1.12. The van der Waals surface area contributed by atoms with E-state index < -0.39 is 0 Å². The summed E-state index contributed by atoms with van der Waals surface area (Å²) in [6.45, 7) is 0. The number of hydrogen-bond acceptors (Lipinski definition) is 1. The van der Waals surface area contributed by atoms with Gasteiger partial charge in [-0.15, -0.1) is 0 Å². The van der Waals surface area contributed by atoms with Crippen LogP contribution in [0.1, 0.15) is 25.7 Å². The van der Waals surface area contributed by atoms with Gasteiger partial charge in [0.15, 0.2) is 0 Å². The minimum Gasteiger partial charge on any atom is -0.286 e. The summed E-state index contributed by atoms with van der Waals surface area (Å²) in [5.41, 5.74) is 1.28. The van der Waals surface area contributed by atoms with Crippen molar-refractivity contribution in [3.8, 4) is 0 Å². The molecular formula is C7H9O. The van der Waals surface area contributed by atoms with Crippen molar-refractivity contribution >= 4 is 6.29 Å². The lowest BCUT2D eigenvalue weighted by Crippen LogP contribution is -1.70. The third kappa shape index (κ3) is 1.19. The van der Waals surface area contributed by atoms with Crippen molar-refractivity contribution in [2.75, 3.05) is 0 Å². The molecule has 0 atom stereocenters. The lowest BCUT2D eigenvalue weighted by molar-refractivity contribution is 0.564. The van der Waals surface area contributed by atoms with E-state index in [9.17, 15) is 4.79 Å². The van der Waals surface area contributed by atoms with E-state index in [1.54, 1.807) is 12.4 Å². The van der Waals surface area contributed by atoms with Gasteiger partial charge in [-0.1, -0.05) is 5.57 Å². The predicted octanol–water partition coefficient (Wildman–Crippen LogP) is 1.60. The zero-order valence-electron chi connectivity index (χ0n) is 4.81. The maximum atomic E-state index is 9.76. The number of carbonyl (C=O) groups excluding carboxylic acids is 1. The molecule has 0 aromatic carbocycles. The number of rotatable bonds is 1. The molecule has 0 unspecified atom stereocenters. The molecule has 0 heterocycles. The quantitative estimate of drug-likeness (QED) is 0.467. The molecule has 0 amide bonds. The van der Waals surface area contributed by atoms with E-state index in [-0.39, 0.29) is 0 Å². The summed E-state index contributed by atoms with van der Waals surface area (Å²) in [4.78, 5) is 9.76. The van der Waals surface area contributed by atoms with E-state index in [0.717, 1.165) is 12.8 Å². The van der Waals surface area contributed by atoms with Gasteiger partial charge in [0.05, 0.1) is 0 Å². The molecule has 43 valence electrons. The van der Waals surface area contributed by atoms with Crippen molar-refractivity contribution in [2.45, 2.75) is 25.7 Å². The molecule has 1 aliphatic rings. The Bertz CT molecular complexity index is 106. The Balaban J connectivity index is 2.44. The average molecular weight is 109 g/mol. The summed E-state index contributed by atoms with van der Waals surface area (Å²) in [5, 5.41) is 0. The summed E-state index contributed by atoms with van der Waals surface area (Å²) in [7, 11) is 0. The molecule has 0 aromatic rings. The molecule has 0 bridgehead atoms. The van der Waals surface area contributed by atoms with E-state index in [2.05, 4.69) is 0 Å². The summed E-state index contributed by atoms with van der Waals surface area (Å²) in [6.07, 6.45) is 8.13. The molecule has 1 saturated carbocycles. The molecular weight excluding hydrogens is 100 g/mol. The van der Waals surface area contributed by atoms with Crippen LogP contribution >= 0.6 is 0 Å². The topological polar surface area (TPSA) is 17.1 Å². The first kappa shape index (κ1) is 5.54. The fourth-order valence-corrected chi connectivity index (χ4v) is 1.06. The second-order valence-electron chi connectivity index (χ2n) is 2.13. The van der Waals surface area contributed by atoms with Crippen molar-refractivity contribution in [3.63, 3.8) is 0 Å². The van der Waals surface area contributed by atoms with Crippen molar-refractivity contribution in [1.29, 1.82) is 0 Å². The molecule has 0 aromatic heterocycles. The highest BCUT2D eigenvalue weighted by atomic mass is 16.1. The van der Waals surface area contributed by atoms with Crippen molar-refractivity contribution in [3.05, 3.63) is 11.6 Å². The van der Waals surface area contributed by atoms with Crippen LogP contribution in [0.5, 0.6) is 0 Å². The smallest absolute Gasteiger partial charge is 0.225 e. The zero-order valence-corrected chi connectivity index (χ0v) is 4.81. The van der Waals surface area contributed by atoms with Gasteiger partial charge in [0, 0.05) is 0 Å². The summed E-state index contributed by atoms with van der Waals surface area (Å²) >= 11 is 0. The van der Waals surface area contributed by atoms with Crippen LogP contribution in [0.4, 0.5) is 0 Å². The first-order valence-electron chi connectivity index (χ1n) is 2.99. The van der Waals surface area contributed by atoms with Crippen LogP contribution in [0.25, 0.3) is 0 Å². The van der Waals surface area contributed by atoms with Crippen LogP contribution in [-0.2, 0) is 4.79 Å². The highest BCUT2D eigenvalue weighted by molar-refractivity contribution is 5.67. The summed E-state index contributed by atoms with van der Waals surface area (Å²) < 4.78 is 0. The van der Waals surface area contributed by atoms with Gasteiger partial charge in [-0.3, -0.25) is 4.79 Å². The molecule has 0 aliphatic heterocycles. The summed E-state index contributed by atoms with van der Waals surface area (Å²) in [6, 6.07) is 0. The fraction of sp³-hybridized carbons (Fsp3) is 0.571. The molecule has 1 fully saturated rings. The highest BCUT2D eigenvalue weighted by Gasteiger charge is 2.04. The first-order valence-corrected chi connectivity index (χ1v) is 2.99. The maximum Gasteiger partial charge on any atom is 0.225 e. The molecule has 1 aliphatic carbocycles. The predicted molar refractivity (Wildman–Crippen MR) is 32.2 cm³/mol. The second kappa shape index (κ2) is 2.65. The molecule has 0 N–H and O–H groups in total. The molecule has 0 spiro atoms. The normalized spacial score (nSPS) is 18.8. The maximum absolute atomic E-state index is 9.76. The SMILES string of the molecule is O=[C]C=C1CCCC1. The van der Waals surface area contributed by atoms with Crippen LogP contribution < -0.4 is 0 Å². The largest absolute Gasteiger partial charge is 0.286 e. The van der Waals surface area contributed by atoms with Gasteiger partial charge in [-0.25, -0.2) is 0 Å². The number of hydrogen-bond donors (Lipinski definition) is 0. The van der Waals surface area contributed by atoms with Crippen LogP contribution in [0.2, 0.25) is 0 Å². The Hall–Kier alpha value is -0.590. The Labute approximate surface area is 49.4 Å². The minimum atomic E-state index is 1.12. The van der Waals surface area contributed by atoms with E-state index in [1.807, 2.05) is 0 Å².